The normalized spacial score (nSPS) is 14.5. The molecule has 0 amide bonds. The maximum absolute atomic E-state index is 6.41. The van der Waals surface area contributed by atoms with Crippen molar-refractivity contribution in [2.24, 2.45) is 5.73 Å². The average Bonchev–Trinajstić information content (AvgIpc) is 2.77. The van der Waals surface area contributed by atoms with Gasteiger partial charge in [-0.2, -0.15) is 0 Å². The highest BCUT2D eigenvalue weighted by atomic mass is 79.9. The molecule has 17 heavy (non-hydrogen) atoms. The predicted molar refractivity (Wildman–Crippen MR) is 78.4 cm³/mol. The minimum Gasteiger partial charge on any atom is -0.323 e. The zero-order valence-corrected chi connectivity index (χ0v) is 12.2. The fourth-order valence-corrected chi connectivity index (χ4v) is 3.83. The van der Waals surface area contributed by atoms with Gasteiger partial charge in [-0.15, -0.1) is 11.3 Å². The highest BCUT2D eigenvalue weighted by molar-refractivity contribution is 9.10. The summed E-state index contributed by atoms with van der Waals surface area (Å²) in [6.07, 6.45) is 1.05. The summed E-state index contributed by atoms with van der Waals surface area (Å²) in [6.45, 7) is 2.19. The van der Waals surface area contributed by atoms with E-state index in [-0.39, 0.29) is 6.04 Å². The van der Waals surface area contributed by atoms with Crippen molar-refractivity contribution in [1.29, 1.82) is 0 Å². The first kappa shape index (κ1) is 12.8. The van der Waals surface area contributed by atoms with E-state index in [2.05, 4.69) is 58.6 Å². The van der Waals surface area contributed by atoms with E-state index in [0.717, 1.165) is 10.9 Å². The summed E-state index contributed by atoms with van der Waals surface area (Å²) < 4.78 is 1.13. The largest absolute Gasteiger partial charge is 0.323 e. The molecule has 90 valence electrons. The summed E-state index contributed by atoms with van der Waals surface area (Å²) in [5.41, 5.74) is 7.73. The molecule has 1 aromatic heterocycles. The summed E-state index contributed by atoms with van der Waals surface area (Å²) in [5, 5.41) is 2.08. The van der Waals surface area contributed by atoms with Gasteiger partial charge in [0.05, 0.1) is 0 Å². The Labute approximate surface area is 115 Å². The van der Waals surface area contributed by atoms with Crippen molar-refractivity contribution in [2.45, 2.75) is 25.3 Å². The van der Waals surface area contributed by atoms with Crippen molar-refractivity contribution in [3.05, 3.63) is 56.7 Å². The molecule has 0 radical (unpaired) electrons. The molecule has 0 saturated carbocycles. The fraction of sp³-hybridized carbons (Fsp3) is 0.286. The second-order valence-corrected chi connectivity index (χ2v) is 5.89. The van der Waals surface area contributed by atoms with Gasteiger partial charge in [-0.1, -0.05) is 37.3 Å². The van der Waals surface area contributed by atoms with Gasteiger partial charge in [-0.3, -0.25) is 0 Å². The molecule has 2 N–H and O–H groups in total. The van der Waals surface area contributed by atoms with Gasteiger partial charge >= 0.3 is 0 Å². The summed E-state index contributed by atoms with van der Waals surface area (Å²) in [5.74, 6) is 0.381. The maximum Gasteiger partial charge on any atom is 0.0470 e. The number of benzene rings is 1. The van der Waals surface area contributed by atoms with Gasteiger partial charge in [0.15, 0.2) is 0 Å². The summed E-state index contributed by atoms with van der Waals surface area (Å²) in [7, 11) is 0. The van der Waals surface area contributed by atoms with Crippen LogP contribution in [0, 0.1) is 0 Å². The van der Waals surface area contributed by atoms with Crippen molar-refractivity contribution in [3.63, 3.8) is 0 Å². The molecule has 2 atom stereocenters. The average molecular weight is 310 g/mol. The maximum atomic E-state index is 6.41. The molecular formula is C14H16BrNS. The zero-order chi connectivity index (χ0) is 12.3. The summed E-state index contributed by atoms with van der Waals surface area (Å²) in [6, 6.07) is 12.7. The van der Waals surface area contributed by atoms with Crippen LogP contribution in [0.3, 0.4) is 0 Å². The number of rotatable bonds is 4. The standard InChI is InChI=1S/C14H16BrNS/c1-2-11(10-6-4-3-5-7-10)13(16)14-12(15)8-9-17-14/h3-9,11,13H,2,16H2,1H3. The minimum absolute atomic E-state index is 0.0665. The molecule has 1 aromatic carbocycles. The van der Waals surface area contributed by atoms with Gasteiger partial charge < -0.3 is 5.73 Å². The number of hydrogen-bond acceptors (Lipinski definition) is 2. The van der Waals surface area contributed by atoms with Crippen molar-refractivity contribution >= 4 is 27.3 Å². The van der Waals surface area contributed by atoms with Crippen molar-refractivity contribution in [2.75, 3.05) is 0 Å². The molecule has 0 saturated heterocycles. The number of thiophene rings is 1. The number of hydrogen-bond donors (Lipinski definition) is 1. The Morgan fingerprint density at radius 2 is 1.94 bits per heavy atom. The SMILES string of the molecule is CCC(c1ccccc1)C(N)c1sccc1Br. The van der Waals surface area contributed by atoms with Crippen LogP contribution in [0.4, 0.5) is 0 Å². The first-order valence-corrected chi connectivity index (χ1v) is 7.44. The predicted octanol–water partition coefficient (Wildman–Crippen LogP) is 4.70. The number of nitrogens with two attached hydrogens (primary N) is 1. The van der Waals surface area contributed by atoms with E-state index in [0.29, 0.717) is 5.92 Å². The van der Waals surface area contributed by atoms with E-state index in [1.165, 1.54) is 10.4 Å². The van der Waals surface area contributed by atoms with Crippen LogP contribution in [0.5, 0.6) is 0 Å². The molecule has 2 rings (SSSR count). The van der Waals surface area contributed by atoms with Gasteiger partial charge in [0.25, 0.3) is 0 Å². The lowest BCUT2D eigenvalue weighted by Gasteiger charge is -2.22. The third kappa shape index (κ3) is 2.79. The van der Waals surface area contributed by atoms with Gasteiger partial charge in [0.2, 0.25) is 0 Å². The second-order valence-electron chi connectivity index (χ2n) is 4.08. The van der Waals surface area contributed by atoms with Crippen LogP contribution in [0.15, 0.2) is 46.3 Å². The topological polar surface area (TPSA) is 26.0 Å². The van der Waals surface area contributed by atoms with E-state index < -0.39 is 0 Å². The van der Waals surface area contributed by atoms with Crippen LogP contribution < -0.4 is 5.73 Å². The lowest BCUT2D eigenvalue weighted by atomic mass is 9.89. The van der Waals surface area contributed by atoms with Crippen LogP contribution in [0.1, 0.15) is 35.7 Å². The quantitative estimate of drug-likeness (QED) is 0.870. The Kier molecular flexibility index (Phi) is 4.37. The van der Waals surface area contributed by atoms with Gasteiger partial charge in [-0.25, -0.2) is 0 Å². The van der Waals surface area contributed by atoms with E-state index in [1.54, 1.807) is 11.3 Å². The van der Waals surface area contributed by atoms with Crippen LogP contribution in [-0.2, 0) is 0 Å². The van der Waals surface area contributed by atoms with Crippen LogP contribution in [0.25, 0.3) is 0 Å². The molecule has 0 aliphatic carbocycles. The van der Waals surface area contributed by atoms with Crippen molar-refractivity contribution in [1.82, 2.24) is 0 Å². The molecule has 0 aliphatic rings. The first-order chi connectivity index (χ1) is 8.24. The monoisotopic (exact) mass is 309 g/mol. The van der Waals surface area contributed by atoms with E-state index in [4.69, 9.17) is 5.73 Å². The number of halogens is 1. The Bertz CT molecular complexity index is 466. The van der Waals surface area contributed by atoms with Crippen molar-refractivity contribution < 1.29 is 0 Å². The third-order valence-electron chi connectivity index (χ3n) is 3.05. The van der Waals surface area contributed by atoms with E-state index >= 15 is 0 Å². The Morgan fingerprint density at radius 1 is 1.24 bits per heavy atom. The fourth-order valence-electron chi connectivity index (χ4n) is 2.12. The molecule has 1 nitrogen and oxygen atoms in total. The van der Waals surface area contributed by atoms with Gasteiger partial charge in [0.1, 0.15) is 0 Å². The zero-order valence-electron chi connectivity index (χ0n) is 9.77. The van der Waals surface area contributed by atoms with E-state index in [9.17, 15) is 0 Å². The van der Waals surface area contributed by atoms with Crippen molar-refractivity contribution in [3.8, 4) is 0 Å². The lowest BCUT2D eigenvalue weighted by Crippen LogP contribution is -2.18. The Hall–Kier alpha value is -0.640. The van der Waals surface area contributed by atoms with Crippen LogP contribution >= 0.6 is 27.3 Å². The minimum atomic E-state index is 0.0665. The van der Waals surface area contributed by atoms with E-state index in [1.807, 2.05) is 6.07 Å². The van der Waals surface area contributed by atoms with Crippen LogP contribution in [0.2, 0.25) is 0 Å². The highest BCUT2D eigenvalue weighted by Gasteiger charge is 2.22. The van der Waals surface area contributed by atoms with Crippen LogP contribution in [-0.4, -0.2) is 0 Å². The smallest absolute Gasteiger partial charge is 0.0470 e. The first-order valence-electron chi connectivity index (χ1n) is 5.77. The molecule has 1 heterocycles. The molecular weight excluding hydrogens is 294 g/mol. The molecule has 2 unspecified atom stereocenters. The lowest BCUT2D eigenvalue weighted by molar-refractivity contribution is 0.545. The summed E-state index contributed by atoms with van der Waals surface area (Å²) in [4.78, 5) is 1.24. The second kappa shape index (κ2) is 5.80. The Balaban J connectivity index is 2.28. The van der Waals surface area contributed by atoms with Gasteiger partial charge in [0, 0.05) is 21.3 Å². The third-order valence-corrected chi connectivity index (χ3v) is 5.02. The molecule has 0 fully saturated rings. The van der Waals surface area contributed by atoms with Gasteiger partial charge in [-0.05, 0) is 39.4 Å². The molecule has 0 spiro atoms. The molecule has 2 aromatic rings. The highest BCUT2D eigenvalue weighted by Crippen LogP contribution is 2.37. The molecule has 0 aliphatic heterocycles. The molecule has 3 heteroatoms. The Morgan fingerprint density at radius 3 is 2.47 bits per heavy atom. The molecule has 0 bridgehead atoms. The summed E-state index contributed by atoms with van der Waals surface area (Å²) >= 11 is 5.29.